The highest BCUT2D eigenvalue weighted by molar-refractivity contribution is 6.35. The van der Waals surface area contributed by atoms with Crippen LogP contribution >= 0.6 is 23.2 Å². The van der Waals surface area contributed by atoms with Gasteiger partial charge >= 0.3 is 0 Å². The summed E-state index contributed by atoms with van der Waals surface area (Å²) in [4.78, 5) is 4.44. The van der Waals surface area contributed by atoms with E-state index in [1.54, 1.807) is 6.07 Å². The van der Waals surface area contributed by atoms with E-state index in [-0.39, 0.29) is 6.04 Å². The number of rotatable bonds is 2. The minimum Gasteiger partial charge on any atom is -0.369 e. The van der Waals surface area contributed by atoms with Crippen molar-refractivity contribution in [2.75, 3.05) is 5.73 Å². The Labute approximate surface area is 133 Å². The number of fused-ring (bicyclic) bond motifs is 1. The Balaban J connectivity index is 2.17. The highest BCUT2D eigenvalue weighted by atomic mass is 35.5. The smallest absolute Gasteiger partial charge is 0.201 e. The van der Waals surface area contributed by atoms with E-state index < -0.39 is 0 Å². The lowest BCUT2D eigenvalue weighted by molar-refractivity contribution is 0.668. The highest BCUT2D eigenvalue weighted by Crippen LogP contribution is 2.32. The third kappa shape index (κ3) is 2.47. The largest absolute Gasteiger partial charge is 0.369 e. The predicted molar refractivity (Wildman–Crippen MR) is 89.2 cm³/mol. The first kappa shape index (κ1) is 14.2. The standard InChI is InChI=1S/C16H15Cl2N3/c1-9-3-6-15-14(7-9)20-16(19)21(15)10(2)12-5-4-11(17)8-13(12)18/h3-8,10H,1-2H3,(H2,19,20). The van der Waals surface area contributed by atoms with Gasteiger partial charge in [-0.1, -0.05) is 35.3 Å². The number of halogens is 2. The second-order valence-corrected chi connectivity index (χ2v) is 6.02. The molecular weight excluding hydrogens is 305 g/mol. The fraction of sp³-hybridized carbons (Fsp3) is 0.188. The molecule has 3 nitrogen and oxygen atoms in total. The summed E-state index contributed by atoms with van der Waals surface area (Å²) >= 11 is 12.3. The van der Waals surface area contributed by atoms with Crippen LogP contribution in [0, 0.1) is 6.92 Å². The minimum atomic E-state index is -0.0255. The fourth-order valence-electron chi connectivity index (χ4n) is 2.61. The second-order valence-electron chi connectivity index (χ2n) is 5.17. The molecule has 2 N–H and O–H groups in total. The molecule has 2 aromatic carbocycles. The number of hydrogen-bond donors (Lipinski definition) is 1. The van der Waals surface area contributed by atoms with Crippen LogP contribution in [-0.4, -0.2) is 9.55 Å². The number of aryl methyl sites for hydroxylation is 1. The summed E-state index contributed by atoms with van der Waals surface area (Å²) < 4.78 is 1.99. The van der Waals surface area contributed by atoms with Crippen LogP contribution in [0.4, 0.5) is 5.95 Å². The first-order valence-electron chi connectivity index (χ1n) is 6.66. The van der Waals surface area contributed by atoms with Crippen molar-refractivity contribution in [3.63, 3.8) is 0 Å². The Morgan fingerprint density at radius 2 is 1.90 bits per heavy atom. The van der Waals surface area contributed by atoms with Crippen molar-refractivity contribution in [2.45, 2.75) is 19.9 Å². The molecule has 1 unspecified atom stereocenters. The fourth-order valence-corrected chi connectivity index (χ4v) is 3.18. The van der Waals surface area contributed by atoms with Gasteiger partial charge in [0.1, 0.15) is 0 Å². The Kier molecular flexibility index (Phi) is 3.56. The molecule has 0 amide bonds. The number of nitrogens with zero attached hydrogens (tertiary/aromatic N) is 2. The Morgan fingerprint density at radius 1 is 1.14 bits per heavy atom. The first-order chi connectivity index (χ1) is 9.97. The van der Waals surface area contributed by atoms with E-state index in [1.165, 1.54) is 0 Å². The van der Waals surface area contributed by atoms with E-state index in [2.05, 4.69) is 11.1 Å². The molecule has 3 aromatic rings. The van der Waals surface area contributed by atoms with Crippen molar-refractivity contribution in [2.24, 2.45) is 0 Å². The zero-order valence-corrected chi connectivity index (χ0v) is 13.3. The van der Waals surface area contributed by atoms with Gasteiger partial charge < -0.3 is 10.3 Å². The van der Waals surface area contributed by atoms with Gasteiger partial charge in [0.2, 0.25) is 5.95 Å². The molecule has 108 valence electrons. The Bertz CT molecular complexity index is 824. The van der Waals surface area contributed by atoms with E-state index in [4.69, 9.17) is 28.9 Å². The zero-order chi connectivity index (χ0) is 15.1. The lowest BCUT2D eigenvalue weighted by Gasteiger charge is -2.18. The van der Waals surface area contributed by atoms with Crippen molar-refractivity contribution < 1.29 is 0 Å². The normalized spacial score (nSPS) is 12.8. The van der Waals surface area contributed by atoms with Crippen molar-refractivity contribution in [3.8, 4) is 0 Å². The van der Waals surface area contributed by atoms with Gasteiger partial charge in [0.05, 0.1) is 17.1 Å². The minimum absolute atomic E-state index is 0.0255. The third-order valence-corrected chi connectivity index (χ3v) is 4.23. The van der Waals surface area contributed by atoms with Crippen molar-refractivity contribution in [3.05, 3.63) is 57.6 Å². The van der Waals surface area contributed by atoms with Crippen LogP contribution in [0.5, 0.6) is 0 Å². The number of aromatic nitrogens is 2. The topological polar surface area (TPSA) is 43.8 Å². The molecule has 0 aliphatic rings. The van der Waals surface area contributed by atoms with Gasteiger partial charge in [-0.2, -0.15) is 0 Å². The van der Waals surface area contributed by atoms with Gasteiger partial charge in [-0.3, -0.25) is 0 Å². The van der Waals surface area contributed by atoms with E-state index >= 15 is 0 Å². The van der Waals surface area contributed by atoms with Crippen LogP contribution in [0.3, 0.4) is 0 Å². The number of hydrogen-bond acceptors (Lipinski definition) is 2. The molecule has 0 aliphatic carbocycles. The number of nitrogen functional groups attached to an aromatic ring is 1. The number of nitrogens with two attached hydrogens (primary N) is 1. The van der Waals surface area contributed by atoms with Crippen LogP contribution in [0.1, 0.15) is 24.1 Å². The second kappa shape index (κ2) is 5.24. The monoisotopic (exact) mass is 319 g/mol. The van der Waals surface area contributed by atoms with Crippen LogP contribution < -0.4 is 5.73 Å². The van der Waals surface area contributed by atoms with Crippen molar-refractivity contribution >= 4 is 40.2 Å². The summed E-state index contributed by atoms with van der Waals surface area (Å²) in [6.07, 6.45) is 0. The van der Waals surface area contributed by atoms with Crippen molar-refractivity contribution in [1.29, 1.82) is 0 Å². The van der Waals surface area contributed by atoms with Crippen LogP contribution in [0.2, 0.25) is 10.0 Å². The van der Waals surface area contributed by atoms with E-state index in [9.17, 15) is 0 Å². The lowest BCUT2D eigenvalue weighted by Crippen LogP contribution is -2.10. The summed E-state index contributed by atoms with van der Waals surface area (Å²) in [6.45, 7) is 4.08. The number of benzene rings is 2. The summed E-state index contributed by atoms with van der Waals surface area (Å²) in [5.41, 5.74) is 10.1. The average Bonchev–Trinajstić information content (AvgIpc) is 2.73. The summed E-state index contributed by atoms with van der Waals surface area (Å²) in [6, 6.07) is 11.6. The van der Waals surface area contributed by atoms with Gasteiger partial charge in [-0.15, -0.1) is 0 Å². The first-order valence-corrected chi connectivity index (χ1v) is 7.42. The molecule has 0 fully saturated rings. The number of anilines is 1. The molecule has 5 heteroatoms. The molecule has 1 aromatic heterocycles. The SMILES string of the molecule is Cc1ccc2c(c1)nc(N)n2C(C)c1ccc(Cl)cc1Cl. The molecule has 0 aliphatic heterocycles. The lowest BCUT2D eigenvalue weighted by atomic mass is 10.1. The quantitative estimate of drug-likeness (QED) is 0.734. The molecule has 0 spiro atoms. The Hall–Kier alpha value is -1.71. The van der Waals surface area contributed by atoms with E-state index in [1.807, 2.05) is 42.7 Å². The molecule has 0 saturated heterocycles. The van der Waals surface area contributed by atoms with E-state index in [0.29, 0.717) is 16.0 Å². The molecular formula is C16H15Cl2N3. The average molecular weight is 320 g/mol. The molecule has 21 heavy (non-hydrogen) atoms. The van der Waals surface area contributed by atoms with Gasteiger partial charge in [-0.05, 0) is 49.2 Å². The maximum absolute atomic E-state index is 6.31. The van der Waals surface area contributed by atoms with Gasteiger partial charge in [0, 0.05) is 10.0 Å². The van der Waals surface area contributed by atoms with Gasteiger partial charge in [-0.25, -0.2) is 4.98 Å². The zero-order valence-electron chi connectivity index (χ0n) is 11.8. The molecule has 1 atom stereocenters. The molecule has 0 radical (unpaired) electrons. The maximum Gasteiger partial charge on any atom is 0.201 e. The van der Waals surface area contributed by atoms with Crippen molar-refractivity contribution in [1.82, 2.24) is 9.55 Å². The van der Waals surface area contributed by atoms with Crippen LogP contribution in [-0.2, 0) is 0 Å². The summed E-state index contributed by atoms with van der Waals surface area (Å²) in [5, 5.41) is 1.25. The maximum atomic E-state index is 6.31. The third-order valence-electron chi connectivity index (χ3n) is 3.67. The summed E-state index contributed by atoms with van der Waals surface area (Å²) in [5.74, 6) is 0.481. The van der Waals surface area contributed by atoms with Gasteiger partial charge in [0.15, 0.2) is 0 Å². The van der Waals surface area contributed by atoms with Gasteiger partial charge in [0.25, 0.3) is 0 Å². The van der Waals surface area contributed by atoms with Crippen LogP contribution in [0.25, 0.3) is 11.0 Å². The number of imidazole rings is 1. The highest BCUT2D eigenvalue weighted by Gasteiger charge is 2.18. The van der Waals surface area contributed by atoms with Crippen LogP contribution in [0.15, 0.2) is 36.4 Å². The summed E-state index contributed by atoms with van der Waals surface area (Å²) in [7, 11) is 0. The molecule has 3 rings (SSSR count). The molecule has 1 heterocycles. The van der Waals surface area contributed by atoms with E-state index in [0.717, 1.165) is 22.2 Å². The molecule has 0 bridgehead atoms. The Morgan fingerprint density at radius 3 is 2.62 bits per heavy atom. The predicted octanol–water partition coefficient (Wildman–Crippen LogP) is 4.84. The molecule has 0 saturated carbocycles.